The molecule has 0 heterocycles. The largest absolute Gasteiger partial charge is 0.506 e. The highest BCUT2D eigenvalue weighted by molar-refractivity contribution is 7.86. The van der Waals surface area contributed by atoms with Crippen molar-refractivity contribution in [3.8, 4) is 5.75 Å². The molecule has 0 radical (unpaired) electrons. The van der Waals surface area contributed by atoms with Crippen molar-refractivity contribution in [1.29, 1.82) is 0 Å². The Balaban J connectivity index is 3.02. The van der Waals surface area contributed by atoms with Crippen LogP contribution in [0.25, 0.3) is 10.8 Å². The summed E-state index contributed by atoms with van der Waals surface area (Å²) in [5, 5.41) is 10.1. The van der Waals surface area contributed by atoms with Gasteiger partial charge in [0.05, 0.1) is 5.69 Å². The Hall–Kier alpha value is -1.79. The van der Waals surface area contributed by atoms with Crippen molar-refractivity contribution in [3.05, 3.63) is 30.3 Å². The van der Waals surface area contributed by atoms with E-state index in [4.69, 9.17) is 10.3 Å². The minimum Gasteiger partial charge on any atom is -0.506 e. The topological polar surface area (TPSA) is 101 Å². The zero-order valence-electron chi connectivity index (χ0n) is 8.08. The molecule has 0 saturated heterocycles. The van der Waals surface area contributed by atoms with Crippen molar-refractivity contribution in [3.63, 3.8) is 0 Å². The minimum atomic E-state index is -4.38. The van der Waals surface area contributed by atoms with E-state index in [-0.39, 0.29) is 21.7 Å². The van der Waals surface area contributed by atoms with E-state index in [0.29, 0.717) is 5.39 Å². The molecule has 0 saturated carbocycles. The number of benzene rings is 2. The number of hydrogen-bond donors (Lipinski definition) is 3. The Bertz CT molecular complexity index is 664. The molecule has 16 heavy (non-hydrogen) atoms. The number of anilines is 1. The summed E-state index contributed by atoms with van der Waals surface area (Å²) >= 11 is 0. The van der Waals surface area contributed by atoms with Gasteiger partial charge in [0.2, 0.25) is 0 Å². The van der Waals surface area contributed by atoms with Gasteiger partial charge in [-0.2, -0.15) is 8.42 Å². The molecule has 2 aromatic rings. The molecule has 4 N–H and O–H groups in total. The van der Waals surface area contributed by atoms with Gasteiger partial charge in [-0.3, -0.25) is 4.55 Å². The van der Waals surface area contributed by atoms with E-state index in [0.717, 1.165) is 6.07 Å². The molecule has 0 aromatic heterocycles. The molecule has 0 atom stereocenters. The molecule has 0 aliphatic carbocycles. The first-order valence-electron chi connectivity index (χ1n) is 4.39. The summed E-state index contributed by atoms with van der Waals surface area (Å²) in [4.78, 5) is -0.352. The Kier molecular flexibility index (Phi) is 2.25. The first-order valence-corrected chi connectivity index (χ1v) is 5.83. The summed E-state index contributed by atoms with van der Waals surface area (Å²) in [6.07, 6.45) is 0. The predicted molar refractivity (Wildman–Crippen MR) is 59.8 cm³/mol. The van der Waals surface area contributed by atoms with E-state index in [2.05, 4.69) is 0 Å². The zero-order valence-corrected chi connectivity index (χ0v) is 8.90. The summed E-state index contributed by atoms with van der Waals surface area (Å²) in [7, 11) is -4.38. The zero-order chi connectivity index (χ0) is 11.9. The van der Waals surface area contributed by atoms with Crippen LogP contribution in [0, 0.1) is 0 Å². The highest BCUT2D eigenvalue weighted by Crippen LogP contribution is 2.34. The molecule has 6 heteroatoms. The SMILES string of the molecule is Nc1c(O)cc(S(=O)(=O)O)c2ccccc12. The molecule has 2 aromatic carbocycles. The second-order valence-electron chi connectivity index (χ2n) is 3.33. The van der Waals surface area contributed by atoms with Crippen LogP contribution in [-0.4, -0.2) is 18.1 Å². The standard InChI is InChI=1S/C10H9NO4S/c11-10-7-4-2-1-3-6(7)9(5-8(10)12)16(13,14)15/h1-5,12H,11H2,(H,13,14,15). The van der Waals surface area contributed by atoms with Crippen molar-refractivity contribution >= 4 is 26.6 Å². The summed E-state index contributed by atoms with van der Waals surface area (Å²) in [6.45, 7) is 0. The Morgan fingerprint density at radius 1 is 1.12 bits per heavy atom. The van der Waals surface area contributed by atoms with Crippen LogP contribution in [0.4, 0.5) is 5.69 Å². The summed E-state index contributed by atoms with van der Waals surface area (Å²) in [5.74, 6) is -0.369. The van der Waals surface area contributed by atoms with Gasteiger partial charge in [0, 0.05) is 16.8 Å². The van der Waals surface area contributed by atoms with Gasteiger partial charge in [0.25, 0.3) is 10.1 Å². The van der Waals surface area contributed by atoms with E-state index >= 15 is 0 Å². The molecular formula is C10H9NO4S. The third-order valence-corrected chi connectivity index (χ3v) is 3.20. The molecule has 5 nitrogen and oxygen atoms in total. The Morgan fingerprint density at radius 2 is 1.69 bits per heavy atom. The van der Waals surface area contributed by atoms with Crippen LogP contribution >= 0.6 is 0 Å². The molecular weight excluding hydrogens is 230 g/mol. The van der Waals surface area contributed by atoms with Crippen molar-refractivity contribution in [2.24, 2.45) is 0 Å². The van der Waals surface area contributed by atoms with Crippen molar-refractivity contribution in [2.45, 2.75) is 4.90 Å². The fourth-order valence-electron chi connectivity index (χ4n) is 1.56. The number of aromatic hydroxyl groups is 1. The van der Waals surface area contributed by atoms with Crippen molar-refractivity contribution < 1.29 is 18.1 Å². The van der Waals surface area contributed by atoms with Crippen LogP contribution in [0.5, 0.6) is 5.75 Å². The van der Waals surface area contributed by atoms with E-state index in [1.54, 1.807) is 18.2 Å². The van der Waals surface area contributed by atoms with Gasteiger partial charge in [-0.25, -0.2) is 0 Å². The first kappa shape index (κ1) is 10.7. The Morgan fingerprint density at radius 3 is 2.25 bits per heavy atom. The minimum absolute atomic E-state index is 0.0861. The molecule has 0 unspecified atom stereocenters. The van der Waals surface area contributed by atoms with Crippen LogP contribution in [0.15, 0.2) is 35.2 Å². The summed E-state index contributed by atoms with van der Waals surface area (Å²) < 4.78 is 31.3. The number of hydrogen-bond acceptors (Lipinski definition) is 4. The lowest BCUT2D eigenvalue weighted by atomic mass is 10.1. The molecule has 0 aliphatic heterocycles. The fraction of sp³-hybridized carbons (Fsp3) is 0. The van der Waals surface area contributed by atoms with Crippen LogP contribution in [-0.2, 0) is 10.1 Å². The highest BCUT2D eigenvalue weighted by Gasteiger charge is 2.17. The third kappa shape index (κ3) is 1.58. The number of phenols is 1. The van der Waals surface area contributed by atoms with Gasteiger partial charge in [-0.05, 0) is 0 Å². The van der Waals surface area contributed by atoms with E-state index in [9.17, 15) is 13.5 Å². The molecule has 0 spiro atoms. The number of rotatable bonds is 1. The lowest BCUT2D eigenvalue weighted by molar-refractivity contribution is 0.469. The molecule has 0 fully saturated rings. The van der Waals surface area contributed by atoms with Crippen molar-refractivity contribution in [2.75, 3.05) is 5.73 Å². The van der Waals surface area contributed by atoms with Crippen molar-refractivity contribution in [1.82, 2.24) is 0 Å². The molecule has 0 aliphatic rings. The molecule has 2 rings (SSSR count). The van der Waals surface area contributed by atoms with E-state index < -0.39 is 10.1 Å². The average molecular weight is 239 g/mol. The van der Waals surface area contributed by atoms with Gasteiger partial charge < -0.3 is 10.8 Å². The van der Waals surface area contributed by atoms with Gasteiger partial charge in [0.15, 0.2) is 0 Å². The number of fused-ring (bicyclic) bond motifs is 1. The smallest absolute Gasteiger partial charge is 0.295 e. The monoisotopic (exact) mass is 239 g/mol. The van der Waals surface area contributed by atoms with Crippen LogP contribution in [0.1, 0.15) is 0 Å². The maximum atomic E-state index is 11.1. The molecule has 84 valence electrons. The fourth-order valence-corrected chi connectivity index (χ4v) is 2.28. The van der Waals surface area contributed by atoms with Crippen LogP contribution < -0.4 is 5.73 Å². The second-order valence-corrected chi connectivity index (χ2v) is 4.72. The number of nitrogens with two attached hydrogens (primary N) is 1. The summed E-state index contributed by atoms with van der Waals surface area (Å²) in [6, 6.07) is 7.29. The lowest BCUT2D eigenvalue weighted by Crippen LogP contribution is -2.00. The highest BCUT2D eigenvalue weighted by atomic mass is 32.2. The maximum Gasteiger partial charge on any atom is 0.295 e. The van der Waals surface area contributed by atoms with Gasteiger partial charge >= 0.3 is 0 Å². The second kappa shape index (κ2) is 3.36. The molecule has 0 bridgehead atoms. The quantitative estimate of drug-likeness (QED) is 0.396. The van der Waals surface area contributed by atoms with Gasteiger partial charge in [-0.1, -0.05) is 24.3 Å². The van der Waals surface area contributed by atoms with Crippen LogP contribution in [0.2, 0.25) is 0 Å². The number of phenolic OH excluding ortho intramolecular Hbond substituents is 1. The van der Waals surface area contributed by atoms with Gasteiger partial charge in [0.1, 0.15) is 10.6 Å². The lowest BCUT2D eigenvalue weighted by Gasteiger charge is -2.08. The average Bonchev–Trinajstić information content (AvgIpc) is 2.22. The predicted octanol–water partition coefficient (Wildman–Crippen LogP) is 1.37. The van der Waals surface area contributed by atoms with Crippen LogP contribution in [0.3, 0.4) is 0 Å². The maximum absolute atomic E-state index is 11.1. The normalized spacial score (nSPS) is 11.8. The molecule has 0 amide bonds. The van der Waals surface area contributed by atoms with E-state index in [1.165, 1.54) is 6.07 Å². The van der Waals surface area contributed by atoms with Gasteiger partial charge in [-0.15, -0.1) is 0 Å². The summed E-state index contributed by atoms with van der Waals surface area (Å²) in [5.41, 5.74) is 5.69. The first-order chi connectivity index (χ1) is 7.41. The van der Waals surface area contributed by atoms with E-state index in [1.807, 2.05) is 0 Å². The Labute approximate surface area is 91.9 Å². The number of nitrogen functional groups attached to an aromatic ring is 1. The third-order valence-electron chi connectivity index (χ3n) is 2.30.